The molecule has 0 spiro atoms. The highest BCUT2D eigenvalue weighted by Gasteiger charge is 2.18. The third-order valence-electron chi connectivity index (χ3n) is 3.10. The molecule has 0 bridgehead atoms. The Morgan fingerprint density at radius 1 is 1.22 bits per heavy atom. The lowest BCUT2D eigenvalue weighted by Crippen LogP contribution is -2.34. The van der Waals surface area contributed by atoms with Gasteiger partial charge >= 0.3 is 0 Å². The first-order valence-corrected chi connectivity index (χ1v) is 7.11. The van der Waals surface area contributed by atoms with Gasteiger partial charge in [-0.2, -0.15) is 0 Å². The van der Waals surface area contributed by atoms with E-state index in [1.165, 1.54) is 17.7 Å². The van der Waals surface area contributed by atoms with E-state index in [-0.39, 0.29) is 0 Å². The number of pyridine rings is 1. The highest BCUT2D eigenvalue weighted by atomic mass is 14.9. The second-order valence-corrected chi connectivity index (χ2v) is 6.23. The van der Waals surface area contributed by atoms with E-state index in [2.05, 4.69) is 57.1 Å². The van der Waals surface area contributed by atoms with Gasteiger partial charge in [0.1, 0.15) is 0 Å². The van der Waals surface area contributed by atoms with Gasteiger partial charge < -0.3 is 5.32 Å². The van der Waals surface area contributed by atoms with E-state index in [9.17, 15) is 0 Å². The van der Waals surface area contributed by atoms with Crippen LogP contribution in [-0.2, 0) is 12.8 Å². The zero-order chi connectivity index (χ0) is 13.6. The van der Waals surface area contributed by atoms with Crippen LogP contribution in [0.4, 0.5) is 0 Å². The van der Waals surface area contributed by atoms with Crippen molar-refractivity contribution in [2.75, 3.05) is 6.54 Å². The van der Waals surface area contributed by atoms with Crippen molar-refractivity contribution in [1.82, 2.24) is 10.3 Å². The quantitative estimate of drug-likeness (QED) is 0.832. The van der Waals surface area contributed by atoms with Gasteiger partial charge in [-0.15, -0.1) is 0 Å². The molecule has 1 aromatic heterocycles. The van der Waals surface area contributed by atoms with E-state index in [1.54, 1.807) is 0 Å². The van der Waals surface area contributed by atoms with Crippen LogP contribution >= 0.6 is 0 Å². The lowest BCUT2D eigenvalue weighted by atomic mass is 9.86. The van der Waals surface area contributed by atoms with E-state index in [0.717, 1.165) is 19.4 Å². The molecule has 0 saturated heterocycles. The van der Waals surface area contributed by atoms with E-state index in [1.807, 2.05) is 6.20 Å². The van der Waals surface area contributed by atoms with Crippen molar-refractivity contribution in [1.29, 1.82) is 0 Å². The zero-order valence-electron chi connectivity index (χ0n) is 12.6. The molecule has 18 heavy (non-hydrogen) atoms. The van der Waals surface area contributed by atoms with Crippen molar-refractivity contribution in [2.24, 2.45) is 5.41 Å². The average molecular weight is 248 g/mol. The first-order valence-electron chi connectivity index (χ1n) is 7.11. The Morgan fingerprint density at radius 3 is 2.39 bits per heavy atom. The average Bonchev–Trinajstić information content (AvgIpc) is 2.28. The van der Waals surface area contributed by atoms with Gasteiger partial charge in [-0.25, -0.2) is 0 Å². The molecule has 1 aromatic rings. The van der Waals surface area contributed by atoms with Gasteiger partial charge in [-0.05, 0) is 36.4 Å². The van der Waals surface area contributed by atoms with Gasteiger partial charge in [0.2, 0.25) is 0 Å². The summed E-state index contributed by atoms with van der Waals surface area (Å²) in [5, 5.41) is 3.58. The van der Waals surface area contributed by atoms with Crippen LogP contribution in [0.1, 0.15) is 52.3 Å². The zero-order valence-corrected chi connectivity index (χ0v) is 12.6. The minimum absolute atomic E-state index is 0.357. The van der Waals surface area contributed by atoms with Crippen molar-refractivity contribution < 1.29 is 0 Å². The first-order chi connectivity index (χ1) is 8.44. The molecule has 1 N–H and O–H groups in total. The number of nitrogens with zero attached hydrogens (tertiary/aromatic N) is 1. The first kappa shape index (κ1) is 15.2. The van der Waals surface area contributed by atoms with Gasteiger partial charge in [0, 0.05) is 24.4 Å². The normalized spacial score (nSPS) is 13.6. The molecule has 2 nitrogen and oxygen atoms in total. The van der Waals surface area contributed by atoms with Crippen LogP contribution in [0.25, 0.3) is 0 Å². The van der Waals surface area contributed by atoms with Gasteiger partial charge in [0.25, 0.3) is 0 Å². The largest absolute Gasteiger partial charge is 0.314 e. The number of likely N-dealkylation sites (N-methyl/N-ethyl adjacent to an activating group) is 1. The summed E-state index contributed by atoms with van der Waals surface area (Å²) in [5.74, 6) is 0. The Labute approximate surface area is 112 Å². The Kier molecular flexibility index (Phi) is 5.80. The molecule has 0 aliphatic rings. The molecule has 1 unspecified atom stereocenters. The van der Waals surface area contributed by atoms with Crippen molar-refractivity contribution in [3.05, 3.63) is 29.6 Å². The summed E-state index contributed by atoms with van der Waals surface area (Å²) in [4.78, 5) is 4.56. The number of nitrogens with one attached hydrogen (secondary N) is 1. The molecule has 0 aliphatic carbocycles. The molecule has 0 amide bonds. The van der Waals surface area contributed by atoms with Crippen molar-refractivity contribution in [2.45, 2.75) is 59.9 Å². The molecular formula is C16H28N2. The maximum Gasteiger partial charge on any atom is 0.0419 e. The second kappa shape index (κ2) is 6.89. The van der Waals surface area contributed by atoms with Gasteiger partial charge in [0.15, 0.2) is 0 Å². The topological polar surface area (TPSA) is 24.9 Å². The van der Waals surface area contributed by atoms with E-state index in [0.29, 0.717) is 11.5 Å². The number of aromatic nitrogens is 1. The van der Waals surface area contributed by atoms with Crippen LogP contribution < -0.4 is 5.32 Å². The standard InChI is InChI=1S/C16H28N2/c1-6-13-8-9-14(18-12-13)10-15(17-7-2)11-16(3,4)5/h8-9,12,15,17H,6-7,10-11H2,1-5H3. The lowest BCUT2D eigenvalue weighted by molar-refractivity contribution is 0.308. The third kappa shape index (κ3) is 5.63. The smallest absolute Gasteiger partial charge is 0.0419 e. The van der Waals surface area contributed by atoms with E-state index < -0.39 is 0 Å². The predicted molar refractivity (Wildman–Crippen MR) is 78.9 cm³/mol. The summed E-state index contributed by atoms with van der Waals surface area (Å²) < 4.78 is 0. The van der Waals surface area contributed by atoms with Crippen LogP contribution in [0.15, 0.2) is 18.3 Å². The third-order valence-corrected chi connectivity index (χ3v) is 3.10. The number of rotatable bonds is 6. The minimum Gasteiger partial charge on any atom is -0.314 e. The van der Waals surface area contributed by atoms with Crippen LogP contribution in [0.3, 0.4) is 0 Å². The monoisotopic (exact) mass is 248 g/mol. The maximum atomic E-state index is 4.56. The maximum absolute atomic E-state index is 4.56. The summed E-state index contributed by atoms with van der Waals surface area (Å²) in [6, 6.07) is 4.89. The van der Waals surface area contributed by atoms with Crippen molar-refractivity contribution in [3.63, 3.8) is 0 Å². The van der Waals surface area contributed by atoms with Crippen LogP contribution in [0.5, 0.6) is 0 Å². The lowest BCUT2D eigenvalue weighted by Gasteiger charge is -2.26. The van der Waals surface area contributed by atoms with E-state index >= 15 is 0 Å². The van der Waals surface area contributed by atoms with Crippen LogP contribution in [0, 0.1) is 5.41 Å². The Balaban J connectivity index is 2.64. The second-order valence-electron chi connectivity index (χ2n) is 6.23. The molecular weight excluding hydrogens is 220 g/mol. The van der Waals surface area contributed by atoms with Crippen molar-refractivity contribution >= 4 is 0 Å². The summed E-state index contributed by atoms with van der Waals surface area (Å²) in [6.07, 6.45) is 5.27. The Bertz CT molecular complexity index is 335. The number of hydrogen-bond donors (Lipinski definition) is 1. The molecule has 102 valence electrons. The van der Waals surface area contributed by atoms with Crippen LogP contribution in [0.2, 0.25) is 0 Å². The molecule has 0 saturated carbocycles. The number of aryl methyl sites for hydroxylation is 1. The predicted octanol–water partition coefficient (Wildman–Crippen LogP) is 3.60. The SMILES string of the molecule is CCNC(Cc1ccc(CC)cn1)CC(C)(C)C. The Morgan fingerprint density at radius 2 is 1.94 bits per heavy atom. The fourth-order valence-corrected chi connectivity index (χ4v) is 2.28. The fraction of sp³-hybridized carbons (Fsp3) is 0.688. The molecule has 2 heteroatoms. The molecule has 0 fully saturated rings. The van der Waals surface area contributed by atoms with Gasteiger partial charge in [0.05, 0.1) is 0 Å². The molecule has 1 atom stereocenters. The highest BCUT2D eigenvalue weighted by Crippen LogP contribution is 2.22. The molecule has 0 aromatic carbocycles. The van der Waals surface area contributed by atoms with Crippen LogP contribution in [-0.4, -0.2) is 17.6 Å². The molecule has 0 aliphatic heterocycles. The molecule has 0 radical (unpaired) electrons. The Hall–Kier alpha value is -0.890. The fourth-order valence-electron chi connectivity index (χ4n) is 2.28. The van der Waals surface area contributed by atoms with Crippen molar-refractivity contribution in [3.8, 4) is 0 Å². The summed E-state index contributed by atoms with van der Waals surface area (Å²) in [7, 11) is 0. The van der Waals surface area contributed by atoms with Gasteiger partial charge in [-0.1, -0.05) is 40.7 Å². The molecule has 1 heterocycles. The minimum atomic E-state index is 0.357. The molecule has 1 rings (SSSR count). The highest BCUT2D eigenvalue weighted by molar-refractivity contribution is 5.14. The van der Waals surface area contributed by atoms with Gasteiger partial charge in [-0.3, -0.25) is 4.98 Å². The summed E-state index contributed by atoms with van der Waals surface area (Å²) >= 11 is 0. The summed E-state index contributed by atoms with van der Waals surface area (Å²) in [5.41, 5.74) is 2.87. The van der Waals surface area contributed by atoms with E-state index in [4.69, 9.17) is 0 Å². The summed E-state index contributed by atoms with van der Waals surface area (Å²) in [6.45, 7) is 12.2. The number of hydrogen-bond acceptors (Lipinski definition) is 2.